The molecular weight excluding hydrogens is 480 g/mol. The van der Waals surface area contributed by atoms with E-state index in [9.17, 15) is 37.4 Å². The number of amides is 1. The maximum atomic E-state index is 13.0. The number of carbonyl (C=O) groups is 1. The molecule has 1 heterocycles. The van der Waals surface area contributed by atoms with Crippen molar-refractivity contribution in [2.24, 2.45) is 0 Å². The molecule has 2 aromatic carbocycles. The molecule has 12 heteroatoms. The van der Waals surface area contributed by atoms with Crippen molar-refractivity contribution >= 4 is 21.8 Å². The minimum absolute atomic E-state index is 0.120. The Labute approximate surface area is 184 Å². The first-order chi connectivity index (χ1) is 14.9. The van der Waals surface area contributed by atoms with E-state index in [-0.39, 0.29) is 38.3 Å². The Hall–Kier alpha value is -2.94. The summed E-state index contributed by atoms with van der Waals surface area (Å²) in [5.74, 6) is 3.58. The van der Waals surface area contributed by atoms with Crippen molar-refractivity contribution in [1.29, 1.82) is 0 Å². The molecule has 1 aliphatic heterocycles. The van der Waals surface area contributed by atoms with Crippen molar-refractivity contribution < 1.29 is 37.4 Å². The predicted octanol–water partition coefficient (Wildman–Crippen LogP) is 6.37. The lowest BCUT2D eigenvalue weighted by atomic mass is 10.1. The van der Waals surface area contributed by atoms with Gasteiger partial charge in [-0.2, -0.15) is 13.2 Å². The fraction of sp³-hybridized carbons (Fsp3) is 0.286. The molecule has 0 atom stereocenters. The molecule has 1 amide bonds. The molecule has 0 saturated carbocycles. The van der Waals surface area contributed by atoms with Crippen LogP contribution in [0.15, 0.2) is 47.4 Å². The van der Waals surface area contributed by atoms with Crippen LogP contribution < -0.4 is 4.90 Å². The molecule has 0 N–H and O–H groups in total. The third-order valence-electron chi connectivity index (χ3n) is 5.04. The number of alkyl halides is 3. The molecule has 0 unspecified atom stereocenters. The van der Waals surface area contributed by atoms with Crippen molar-refractivity contribution in [2.45, 2.75) is 18.0 Å². The number of rotatable bonds is 2. The second-order valence-electron chi connectivity index (χ2n) is 7.53. The molecule has 0 bridgehead atoms. The van der Waals surface area contributed by atoms with Gasteiger partial charge in [0.2, 0.25) is 0 Å². The van der Waals surface area contributed by atoms with Crippen molar-refractivity contribution in [3.63, 3.8) is 0 Å². The van der Waals surface area contributed by atoms with E-state index in [1.54, 1.807) is 11.8 Å². The van der Waals surface area contributed by atoms with E-state index in [1.807, 2.05) is 0 Å². The molecule has 1 aliphatic rings. The van der Waals surface area contributed by atoms with Gasteiger partial charge in [-0.25, -0.2) is 0 Å². The molecule has 0 aliphatic carbocycles. The molecule has 0 radical (unpaired) electrons. The van der Waals surface area contributed by atoms with Crippen LogP contribution in [0.25, 0.3) is 0 Å². The average Bonchev–Trinajstić information content (AvgIpc) is 2.70. The topological polar surface area (TPSA) is 23.6 Å². The molecular formula is C21H18F8N2OS. The summed E-state index contributed by atoms with van der Waals surface area (Å²) in [7, 11) is -9.87. The highest BCUT2D eigenvalue weighted by Crippen LogP contribution is 3.02. The fourth-order valence-electron chi connectivity index (χ4n) is 3.30. The van der Waals surface area contributed by atoms with Gasteiger partial charge >= 0.3 is 16.4 Å². The zero-order valence-electron chi connectivity index (χ0n) is 17.1. The Morgan fingerprint density at radius 2 is 1.58 bits per heavy atom. The van der Waals surface area contributed by atoms with Crippen LogP contribution in [0, 0.1) is 18.8 Å². The number of halogens is 8. The smallest absolute Gasteiger partial charge is 0.368 e. The summed E-state index contributed by atoms with van der Waals surface area (Å²) in [6, 6.07) is 5.67. The Morgan fingerprint density at radius 3 is 2.15 bits per heavy atom. The number of carbonyl (C=O) groups excluding carboxylic acids is 1. The summed E-state index contributed by atoms with van der Waals surface area (Å²) in [5, 5.41) is 0. The third kappa shape index (κ3) is 6.10. The zero-order valence-corrected chi connectivity index (χ0v) is 17.9. The van der Waals surface area contributed by atoms with Gasteiger partial charge in [-0.1, -0.05) is 37.5 Å². The molecule has 180 valence electrons. The summed E-state index contributed by atoms with van der Waals surface area (Å²) in [6.45, 7) is 2.34. The third-order valence-corrected chi connectivity index (χ3v) is 6.18. The molecule has 3 rings (SSSR count). The Bertz CT molecular complexity index is 1140. The maximum absolute atomic E-state index is 13.0. The normalized spacial score (nSPS) is 17.0. The summed E-state index contributed by atoms with van der Waals surface area (Å²) in [5.41, 5.74) is -0.171. The molecule has 0 spiro atoms. The Kier molecular flexibility index (Phi) is 5.65. The summed E-state index contributed by atoms with van der Waals surface area (Å²) in [6.07, 6.45) is -4.50. The molecule has 1 fully saturated rings. The average molecular weight is 498 g/mol. The van der Waals surface area contributed by atoms with E-state index in [1.165, 1.54) is 11.0 Å². The van der Waals surface area contributed by atoms with E-state index in [2.05, 4.69) is 11.8 Å². The minimum Gasteiger partial charge on any atom is -0.368 e. The van der Waals surface area contributed by atoms with Gasteiger partial charge in [-0.05, 0) is 42.8 Å². The fourth-order valence-corrected chi connectivity index (χ4v) is 3.98. The quantitative estimate of drug-likeness (QED) is 0.355. The number of nitrogens with zero attached hydrogens (tertiary/aromatic N) is 2. The Morgan fingerprint density at radius 1 is 0.939 bits per heavy atom. The monoisotopic (exact) mass is 498 g/mol. The highest BCUT2D eigenvalue weighted by molar-refractivity contribution is 8.45. The Balaban J connectivity index is 1.70. The van der Waals surface area contributed by atoms with Gasteiger partial charge in [0.1, 0.15) is 4.90 Å². The van der Waals surface area contributed by atoms with E-state index < -0.39 is 38.3 Å². The molecule has 0 aromatic heterocycles. The van der Waals surface area contributed by atoms with E-state index in [0.29, 0.717) is 11.3 Å². The first kappa shape index (κ1) is 24.7. The van der Waals surface area contributed by atoms with E-state index in [0.717, 1.165) is 24.3 Å². The van der Waals surface area contributed by atoms with Crippen LogP contribution in [0.2, 0.25) is 0 Å². The number of aryl methyl sites for hydroxylation is 1. The molecule has 3 nitrogen and oxygen atoms in total. The largest absolute Gasteiger partial charge is 0.416 e. The van der Waals surface area contributed by atoms with Gasteiger partial charge in [0, 0.05) is 43.4 Å². The van der Waals surface area contributed by atoms with Gasteiger partial charge in [0.25, 0.3) is 5.91 Å². The SMILES string of the molecule is Cc1ccc(C(F)(F)F)cc1N1CCN(C(=O)C#Cc2cccc(S(F)(F)(F)(F)F)c2)CC1. The number of hydrogen-bond acceptors (Lipinski definition) is 2. The second-order valence-corrected chi connectivity index (χ2v) is 9.93. The van der Waals surface area contributed by atoms with Crippen LogP contribution >= 0.6 is 10.2 Å². The lowest BCUT2D eigenvalue weighted by Gasteiger charge is -2.40. The lowest BCUT2D eigenvalue weighted by molar-refractivity contribution is -0.137. The summed E-state index contributed by atoms with van der Waals surface area (Å²) < 4.78 is 104. The molecule has 33 heavy (non-hydrogen) atoms. The second kappa shape index (κ2) is 7.55. The van der Waals surface area contributed by atoms with Gasteiger partial charge < -0.3 is 9.80 Å². The number of hydrogen-bond donors (Lipinski definition) is 0. The minimum atomic E-state index is -9.87. The van der Waals surface area contributed by atoms with Gasteiger partial charge in [0.15, 0.2) is 0 Å². The van der Waals surface area contributed by atoms with E-state index >= 15 is 0 Å². The van der Waals surface area contributed by atoms with Crippen LogP contribution in [-0.4, -0.2) is 37.0 Å². The first-order valence-electron chi connectivity index (χ1n) is 9.52. The first-order valence-corrected chi connectivity index (χ1v) is 11.5. The zero-order chi connectivity index (χ0) is 24.7. The van der Waals surface area contributed by atoms with Crippen molar-refractivity contribution in [3.05, 3.63) is 59.2 Å². The summed E-state index contributed by atoms with van der Waals surface area (Å²) >= 11 is 0. The number of anilines is 1. The number of benzene rings is 2. The maximum Gasteiger partial charge on any atom is 0.416 e. The number of piperazine rings is 1. The van der Waals surface area contributed by atoms with Crippen LogP contribution in [-0.2, 0) is 11.0 Å². The van der Waals surface area contributed by atoms with Gasteiger partial charge in [0.05, 0.1) is 5.56 Å². The van der Waals surface area contributed by atoms with Crippen LogP contribution in [0.5, 0.6) is 0 Å². The molecule has 2 aromatic rings. The lowest BCUT2D eigenvalue weighted by Crippen LogP contribution is -2.48. The highest BCUT2D eigenvalue weighted by Gasteiger charge is 2.65. The van der Waals surface area contributed by atoms with Crippen LogP contribution in [0.4, 0.5) is 38.3 Å². The van der Waals surface area contributed by atoms with E-state index in [4.69, 9.17) is 0 Å². The molecule has 1 saturated heterocycles. The highest BCUT2D eigenvalue weighted by atomic mass is 32.5. The van der Waals surface area contributed by atoms with Crippen LogP contribution in [0.3, 0.4) is 0 Å². The van der Waals surface area contributed by atoms with Crippen molar-refractivity contribution in [2.75, 3.05) is 31.1 Å². The van der Waals surface area contributed by atoms with Crippen LogP contribution in [0.1, 0.15) is 16.7 Å². The van der Waals surface area contributed by atoms with Gasteiger partial charge in [-0.15, -0.1) is 0 Å². The van der Waals surface area contributed by atoms with Crippen molar-refractivity contribution in [1.82, 2.24) is 4.90 Å². The van der Waals surface area contributed by atoms with Gasteiger partial charge in [-0.3, -0.25) is 4.79 Å². The van der Waals surface area contributed by atoms with Crippen molar-refractivity contribution in [3.8, 4) is 11.8 Å². The standard InChI is InChI=1S/C21H18F8N2OS/c1-15-5-7-17(21(22,23)24)14-19(15)30-9-11-31(12-10-30)20(32)8-6-16-3-2-4-18(13-16)33(25,26,27,28)29/h2-5,7,13-14H,9-12H2,1H3. The summed E-state index contributed by atoms with van der Waals surface area (Å²) in [4.78, 5) is 13.2. The predicted molar refractivity (Wildman–Crippen MR) is 110 cm³/mol.